The van der Waals surface area contributed by atoms with Crippen molar-refractivity contribution in [3.8, 4) is 0 Å². The summed E-state index contributed by atoms with van der Waals surface area (Å²) >= 11 is 0. The molecule has 2 nitrogen and oxygen atoms in total. The molecule has 1 fully saturated rings. The van der Waals surface area contributed by atoms with Crippen LogP contribution < -0.4 is 5.32 Å². The van der Waals surface area contributed by atoms with Gasteiger partial charge >= 0.3 is 0 Å². The molecule has 0 radical (unpaired) electrons. The van der Waals surface area contributed by atoms with E-state index >= 15 is 0 Å². The smallest absolute Gasteiger partial charge is 0.220 e. The normalized spacial score (nSPS) is 38.9. The molecule has 1 heterocycles. The Labute approximate surface area is 53.9 Å². The van der Waals surface area contributed by atoms with Crippen LogP contribution in [0.25, 0.3) is 0 Å². The topological polar surface area (TPSA) is 29.1 Å². The van der Waals surface area contributed by atoms with Crippen LogP contribution in [0, 0.1) is 5.92 Å². The van der Waals surface area contributed by atoms with E-state index in [1.54, 1.807) is 0 Å². The number of amides is 1. The van der Waals surface area contributed by atoms with Crippen LogP contribution in [0.5, 0.6) is 0 Å². The third-order valence-corrected chi connectivity index (χ3v) is 2.06. The highest BCUT2D eigenvalue weighted by Gasteiger charge is 2.32. The number of nitrogens with one attached hydrogen (secondary N) is 1. The molecule has 2 atom stereocenters. The molecule has 1 aliphatic carbocycles. The monoisotopic (exact) mass is 123 g/mol. The number of hydrogen-bond acceptors (Lipinski definition) is 1. The second-order valence-electron chi connectivity index (χ2n) is 2.71. The number of rotatable bonds is 0. The van der Waals surface area contributed by atoms with Gasteiger partial charge in [0.2, 0.25) is 5.91 Å². The molecule has 0 aromatic rings. The van der Waals surface area contributed by atoms with Crippen LogP contribution >= 0.6 is 0 Å². The molecule has 0 aromatic heterocycles. The second-order valence-corrected chi connectivity index (χ2v) is 2.71. The maximum atomic E-state index is 10.7. The lowest BCUT2D eigenvalue weighted by Crippen LogP contribution is -2.25. The van der Waals surface area contributed by atoms with Gasteiger partial charge < -0.3 is 5.32 Å². The van der Waals surface area contributed by atoms with Gasteiger partial charge in [0.1, 0.15) is 0 Å². The first-order valence-electron chi connectivity index (χ1n) is 3.32. The van der Waals surface area contributed by atoms with Gasteiger partial charge in [0.05, 0.1) is 0 Å². The van der Waals surface area contributed by atoms with Crippen LogP contribution in [0.3, 0.4) is 0 Å². The lowest BCUT2D eigenvalue weighted by molar-refractivity contribution is -0.119. The summed E-state index contributed by atoms with van der Waals surface area (Å²) in [5, 5.41) is 2.91. The molecule has 0 bridgehead atoms. The molecular weight excluding hydrogens is 114 g/mol. The summed E-state index contributed by atoms with van der Waals surface area (Å²) < 4.78 is 0. The van der Waals surface area contributed by atoms with E-state index in [0.717, 1.165) is 6.42 Å². The predicted octanol–water partition coefficient (Wildman–Crippen LogP) is 0.451. The molecule has 0 saturated carbocycles. The summed E-state index contributed by atoms with van der Waals surface area (Å²) in [5.41, 5.74) is 0. The highest BCUT2D eigenvalue weighted by molar-refractivity contribution is 5.79. The minimum atomic E-state index is 0.217. The van der Waals surface area contributed by atoms with Gasteiger partial charge in [-0.25, -0.2) is 0 Å². The molecule has 48 valence electrons. The maximum Gasteiger partial charge on any atom is 0.220 e. The maximum absolute atomic E-state index is 10.7. The first-order valence-corrected chi connectivity index (χ1v) is 3.32. The van der Waals surface area contributed by atoms with Crippen molar-refractivity contribution >= 4 is 5.91 Å². The van der Waals surface area contributed by atoms with Gasteiger partial charge in [0.15, 0.2) is 0 Å². The van der Waals surface area contributed by atoms with Gasteiger partial charge in [-0.2, -0.15) is 0 Å². The summed E-state index contributed by atoms with van der Waals surface area (Å²) in [7, 11) is 0. The van der Waals surface area contributed by atoms with Gasteiger partial charge in [-0.15, -0.1) is 0 Å². The molecule has 1 amide bonds. The van der Waals surface area contributed by atoms with Gasteiger partial charge in [-0.1, -0.05) is 12.2 Å². The largest absolute Gasteiger partial charge is 0.352 e. The average Bonchev–Trinajstić information content (AvgIpc) is 2.22. The number of carbonyl (C=O) groups excluding carboxylic acids is 1. The number of fused-ring (bicyclic) bond motifs is 1. The van der Waals surface area contributed by atoms with E-state index in [1.807, 2.05) is 0 Å². The predicted molar refractivity (Wildman–Crippen MR) is 33.8 cm³/mol. The fraction of sp³-hybridized carbons (Fsp3) is 0.571. The van der Waals surface area contributed by atoms with Crippen molar-refractivity contribution in [1.82, 2.24) is 5.32 Å². The van der Waals surface area contributed by atoms with E-state index in [0.29, 0.717) is 18.4 Å². The lowest BCUT2D eigenvalue weighted by Gasteiger charge is -2.04. The molecule has 2 aliphatic rings. The Kier molecular flexibility index (Phi) is 0.891. The van der Waals surface area contributed by atoms with Crippen LogP contribution in [0.2, 0.25) is 0 Å². The van der Waals surface area contributed by atoms with E-state index in [2.05, 4.69) is 17.5 Å². The highest BCUT2D eigenvalue weighted by Crippen LogP contribution is 2.25. The summed E-state index contributed by atoms with van der Waals surface area (Å²) in [6, 6.07) is 0.442. The van der Waals surface area contributed by atoms with Crippen molar-refractivity contribution in [2.45, 2.75) is 18.9 Å². The van der Waals surface area contributed by atoms with E-state index in [1.165, 1.54) is 0 Å². The molecule has 1 saturated heterocycles. The first-order chi connectivity index (χ1) is 4.36. The Bertz CT molecular complexity index is 174. The van der Waals surface area contributed by atoms with Crippen LogP contribution in [0.1, 0.15) is 12.8 Å². The van der Waals surface area contributed by atoms with Crippen molar-refractivity contribution in [2.24, 2.45) is 5.92 Å². The molecular formula is C7H9NO. The Morgan fingerprint density at radius 2 is 2.56 bits per heavy atom. The molecule has 0 aromatic carbocycles. The minimum absolute atomic E-state index is 0.217. The van der Waals surface area contributed by atoms with Gasteiger partial charge in [-0.3, -0.25) is 4.79 Å². The molecule has 1 aliphatic heterocycles. The zero-order valence-corrected chi connectivity index (χ0v) is 5.13. The second kappa shape index (κ2) is 1.59. The standard InChI is InChI=1S/C7H9NO/c9-7-4-5-2-1-3-6(5)8-7/h1-2,5-6H,3-4H2,(H,8,9)/t5-,6+/m1/s1. The number of hydrogen-bond donors (Lipinski definition) is 1. The van der Waals surface area contributed by atoms with Crippen LogP contribution in [-0.2, 0) is 4.79 Å². The summed E-state index contributed by atoms with van der Waals surface area (Å²) in [4.78, 5) is 10.7. The zero-order valence-electron chi connectivity index (χ0n) is 5.13. The van der Waals surface area contributed by atoms with Crippen molar-refractivity contribution in [3.05, 3.63) is 12.2 Å². The average molecular weight is 123 g/mol. The van der Waals surface area contributed by atoms with Gasteiger partial charge in [0.25, 0.3) is 0 Å². The van der Waals surface area contributed by atoms with Crippen molar-refractivity contribution in [1.29, 1.82) is 0 Å². The van der Waals surface area contributed by atoms with E-state index in [4.69, 9.17) is 0 Å². The quantitative estimate of drug-likeness (QED) is 0.465. The number of carbonyl (C=O) groups is 1. The van der Waals surface area contributed by atoms with E-state index < -0.39 is 0 Å². The molecule has 2 heteroatoms. The van der Waals surface area contributed by atoms with E-state index in [9.17, 15) is 4.79 Å². The zero-order chi connectivity index (χ0) is 6.27. The molecule has 1 N–H and O–H groups in total. The van der Waals surface area contributed by atoms with Gasteiger partial charge in [0, 0.05) is 18.4 Å². The van der Waals surface area contributed by atoms with Crippen LogP contribution in [0.15, 0.2) is 12.2 Å². The molecule has 2 rings (SSSR count). The first kappa shape index (κ1) is 5.03. The highest BCUT2D eigenvalue weighted by atomic mass is 16.2. The SMILES string of the molecule is O=C1C[C@H]2C=CC[C@@H]2N1. The van der Waals surface area contributed by atoms with Crippen molar-refractivity contribution in [2.75, 3.05) is 0 Å². The summed E-state index contributed by atoms with van der Waals surface area (Å²) in [6.45, 7) is 0. The Morgan fingerprint density at radius 1 is 1.67 bits per heavy atom. The fourth-order valence-corrected chi connectivity index (χ4v) is 1.56. The molecule has 0 spiro atoms. The lowest BCUT2D eigenvalue weighted by atomic mass is 10.1. The van der Waals surface area contributed by atoms with E-state index in [-0.39, 0.29) is 5.91 Å². The van der Waals surface area contributed by atoms with Crippen molar-refractivity contribution in [3.63, 3.8) is 0 Å². The Hall–Kier alpha value is -0.790. The molecule has 9 heavy (non-hydrogen) atoms. The third kappa shape index (κ3) is 0.661. The summed E-state index contributed by atoms with van der Waals surface area (Å²) in [6.07, 6.45) is 6.04. The molecule has 0 unspecified atom stereocenters. The van der Waals surface area contributed by atoms with Crippen LogP contribution in [0.4, 0.5) is 0 Å². The Morgan fingerprint density at radius 3 is 3.33 bits per heavy atom. The Balaban J connectivity index is 2.17. The third-order valence-electron chi connectivity index (χ3n) is 2.06. The summed E-state index contributed by atoms with van der Waals surface area (Å²) in [5.74, 6) is 0.729. The van der Waals surface area contributed by atoms with Crippen LogP contribution in [-0.4, -0.2) is 11.9 Å². The minimum Gasteiger partial charge on any atom is -0.352 e. The van der Waals surface area contributed by atoms with Gasteiger partial charge in [-0.05, 0) is 6.42 Å². The fourth-order valence-electron chi connectivity index (χ4n) is 1.56. The van der Waals surface area contributed by atoms with Crippen molar-refractivity contribution < 1.29 is 4.79 Å².